The molecule has 1 fully saturated rings. The lowest BCUT2D eigenvalue weighted by molar-refractivity contribution is -0.153. The Balaban J connectivity index is 2.36. The first kappa shape index (κ1) is 18.7. The Morgan fingerprint density at radius 2 is 1.67 bits per heavy atom. The van der Waals surface area contributed by atoms with Crippen molar-refractivity contribution in [3.05, 3.63) is 34.4 Å². The summed E-state index contributed by atoms with van der Waals surface area (Å²) in [5, 5.41) is 0. The van der Waals surface area contributed by atoms with E-state index in [2.05, 4.69) is 0 Å². The smallest absolute Gasteiger partial charge is 0.317 e. The summed E-state index contributed by atoms with van der Waals surface area (Å²) in [5.74, 6) is -0.915. The molecule has 0 saturated heterocycles. The minimum Gasteiger partial charge on any atom is -0.462 e. The molecule has 2 unspecified atom stereocenters. The molecule has 0 aromatic heterocycles. The van der Waals surface area contributed by atoms with Crippen LogP contribution in [0.2, 0.25) is 0 Å². The Kier molecular flexibility index (Phi) is 6.20. The van der Waals surface area contributed by atoms with E-state index in [0.29, 0.717) is 5.56 Å². The minimum absolute atomic E-state index is 0.0507. The highest BCUT2D eigenvalue weighted by Gasteiger charge is 2.39. The molecule has 24 heavy (non-hydrogen) atoms. The quantitative estimate of drug-likeness (QED) is 0.421. The Morgan fingerprint density at radius 3 is 2.17 bits per heavy atom. The van der Waals surface area contributed by atoms with Gasteiger partial charge in [0.2, 0.25) is 0 Å². The molecule has 3 nitrogen and oxygen atoms in total. The predicted octanol–water partition coefficient (Wildman–Crippen LogP) is 4.94. The van der Waals surface area contributed by atoms with Crippen LogP contribution in [-0.4, -0.2) is 17.9 Å². The van der Waals surface area contributed by atoms with E-state index in [1.807, 2.05) is 46.8 Å². The van der Waals surface area contributed by atoms with Crippen molar-refractivity contribution in [2.75, 3.05) is 0 Å². The summed E-state index contributed by atoms with van der Waals surface area (Å²) in [7, 11) is 0. The van der Waals surface area contributed by atoms with Gasteiger partial charge in [0.1, 0.15) is 5.92 Å². The number of hydrogen-bond acceptors (Lipinski definition) is 3. The van der Waals surface area contributed by atoms with Gasteiger partial charge in [-0.25, -0.2) is 0 Å². The Morgan fingerprint density at radius 1 is 1.12 bits per heavy atom. The van der Waals surface area contributed by atoms with Gasteiger partial charge in [0.15, 0.2) is 5.78 Å². The van der Waals surface area contributed by atoms with Crippen LogP contribution in [0.4, 0.5) is 0 Å². The number of benzene rings is 1. The molecule has 1 aliphatic carbocycles. The molecule has 0 bridgehead atoms. The lowest BCUT2D eigenvalue weighted by atomic mass is 9.81. The van der Waals surface area contributed by atoms with E-state index in [1.165, 1.54) is 0 Å². The van der Waals surface area contributed by atoms with Crippen molar-refractivity contribution >= 4 is 11.8 Å². The molecule has 0 amide bonds. The average Bonchev–Trinajstić information content (AvgIpc) is 3.00. The lowest BCUT2D eigenvalue weighted by Crippen LogP contribution is -2.34. The number of esters is 1. The van der Waals surface area contributed by atoms with E-state index in [1.54, 1.807) is 0 Å². The number of ether oxygens (including phenoxy) is 1. The lowest BCUT2D eigenvalue weighted by Gasteiger charge is -2.24. The van der Waals surface area contributed by atoms with Gasteiger partial charge in [-0.15, -0.1) is 0 Å². The summed E-state index contributed by atoms with van der Waals surface area (Å²) in [5.41, 5.74) is 3.76. The third-order valence-corrected chi connectivity index (χ3v) is 5.22. The van der Waals surface area contributed by atoms with Gasteiger partial charge in [-0.1, -0.05) is 37.5 Å². The van der Waals surface area contributed by atoms with Crippen LogP contribution in [-0.2, 0) is 9.53 Å². The van der Waals surface area contributed by atoms with Crippen LogP contribution in [0.15, 0.2) is 12.1 Å². The fourth-order valence-corrected chi connectivity index (χ4v) is 3.88. The summed E-state index contributed by atoms with van der Waals surface area (Å²) < 4.78 is 5.56. The van der Waals surface area contributed by atoms with Crippen molar-refractivity contribution < 1.29 is 14.3 Å². The van der Waals surface area contributed by atoms with E-state index >= 15 is 0 Å². The number of ketones is 1. The van der Waals surface area contributed by atoms with Crippen LogP contribution < -0.4 is 0 Å². The van der Waals surface area contributed by atoms with Crippen molar-refractivity contribution in [2.24, 2.45) is 11.8 Å². The predicted molar refractivity (Wildman–Crippen MR) is 96.3 cm³/mol. The molecule has 2 atom stereocenters. The first-order valence-electron chi connectivity index (χ1n) is 9.17. The molecule has 3 heteroatoms. The first-order chi connectivity index (χ1) is 11.3. The van der Waals surface area contributed by atoms with Gasteiger partial charge in [-0.3, -0.25) is 9.59 Å². The average molecular weight is 330 g/mol. The van der Waals surface area contributed by atoms with Crippen molar-refractivity contribution in [1.29, 1.82) is 0 Å². The van der Waals surface area contributed by atoms with E-state index in [9.17, 15) is 9.59 Å². The van der Waals surface area contributed by atoms with E-state index in [4.69, 9.17) is 4.74 Å². The molecule has 0 heterocycles. The van der Waals surface area contributed by atoms with Crippen LogP contribution >= 0.6 is 0 Å². The van der Waals surface area contributed by atoms with Crippen molar-refractivity contribution in [3.63, 3.8) is 0 Å². The molecule has 1 aromatic rings. The number of rotatable bonds is 6. The normalized spacial score (nSPS) is 17.5. The third-order valence-electron chi connectivity index (χ3n) is 5.22. The highest BCUT2D eigenvalue weighted by molar-refractivity contribution is 6.10. The molecular weight excluding hydrogens is 300 g/mol. The van der Waals surface area contributed by atoms with Crippen molar-refractivity contribution in [2.45, 2.75) is 72.8 Å². The van der Waals surface area contributed by atoms with Gasteiger partial charge in [0, 0.05) is 5.56 Å². The monoisotopic (exact) mass is 330 g/mol. The van der Waals surface area contributed by atoms with Crippen LogP contribution in [0.1, 0.15) is 73.0 Å². The summed E-state index contributed by atoms with van der Waals surface area (Å²) in [6.07, 6.45) is 4.69. The van der Waals surface area contributed by atoms with Crippen LogP contribution in [0.5, 0.6) is 0 Å². The molecule has 0 radical (unpaired) electrons. The maximum absolute atomic E-state index is 13.3. The zero-order chi connectivity index (χ0) is 17.9. The molecule has 1 saturated carbocycles. The van der Waals surface area contributed by atoms with Crippen molar-refractivity contribution in [3.8, 4) is 0 Å². The maximum Gasteiger partial charge on any atom is 0.317 e. The first-order valence-corrected chi connectivity index (χ1v) is 9.17. The van der Waals surface area contributed by atoms with Crippen molar-refractivity contribution in [1.82, 2.24) is 0 Å². The molecule has 0 spiro atoms. The van der Waals surface area contributed by atoms with Crippen LogP contribution in [0.3, 0.4) is 0 Å². The Hall–Kier alpha value is -1.64. The highest BCUT2D eigenvalue weighted by Crippen LogP contribution is 2.35. The largest absolute Gasteiger partial charge is 0.462 e. The minimum atomic E-state index is -0.651. The van der Waals surface area contributed by atoms with Crippen LogP contribution in [0.25, 0.3) is 0 Å². The van der Waals surface area contributed by atoms with Gasteiger partial charge in [-0.2, -0.15) is 0 Å². The molecule has 0 N–H and O–H groups in total. The van der Waals surface area contributed by atoms with E-state index in [0.717, 1.165) is 48.8 Å². The van der Waals surface area contributed by atoms with Gasteiger partial charge in [0.25, 0.3) is 0 Å². The second-order valence-electron chi connectivity index (χ2n) is 7.32. The second-order valence-corrected chi connectivity index (χ2v) is 7.32. The fourth-order valence-electron chi connectivity index (χ4n) is 3.88. The third kappa shape index (κ3) is 4.06. The highest BCUT2D eigenvalue weighted by atomic mass is 16.5. The Labute approximate surface area is 145 Å². The van der Waals surface area contributed by atoms with E-state index in [-0.39, 0.29) is 23.8 Å². The van der Waals surface area contributed by atoms with E-state index < -0.39 is 5.92 Å². The summed E-state index contributed by atoms with van der Waals surface area (Å²) >= 11 is 0. The van der Waals surface area contributed by atoms with Gasteiger partial charge >= 0.3 is 5.97 Å². The molecule has 132 valence electrons. The summed E-state index contributed by atoms with van der Waals surface area (Å²) in [6, 6.07) is 4.04. The van der Waals surface area contributed by atoms with Gasteiger partial charge < -0.3 is 4.74 Å². The zero-order valence-electron chi connectivity index (χ0n) is 15.6. The number of Topliss-reactive ketones (excluding diaryl/α,β-unsaturated/α-hetero) is 1. The number of hydrogen-bond donors (Lipinski definition) is 0. The second kappa shape index (κ2) is 7.96. The topological polar surface area (TPSA) is 43.4 Å². The van der Waals surface area contributed by atoms with Crippen LogP contribution in [0, 0.1) is 32.6 Å². The Bertz CT molecular complexity index is 589. The molecular formula is C21H30O3. The molecule has 0 aliphatic heterocycles. The number of carbonyl (C=O) groups is 2. The molecule has 1 aliphatic rings. The SMILES string of the molecule is CCC(C)OC(=O)C(C(=O)c1c(C)cc(C)cc1C)C1CCCC1. The molecule has 2 rings (SSSR count). The summed E-state index contributed by atoms with van der Waals surface area (Å²) in [4.78, 5) is 26.1. The fraction of sp³-hybridized carbons (Fsp3) is 0.619. The summed E-state index contributed by atoms with van der Waals surface area (Å²) in [6.45, 7) is 9.81. The van der Waals surface area contributed by atoms with Gasteiger partial charge in [0.05, 0.1) is 6.10 Å². The van der Waals surface area contributed by atoms with Gasteiger partial charge in [-0.05, 0) is 64.0 Å². The standard InChI is InChI=1S/C21H30O3/c1-6-16(5)24-21(23)19(17-9-7-8-10-17)20(22)18-14(3)11-13(2)12-15(18)4/h11-12,16-17,19H,6-10H2,1-5H3. The zero-order valence-corrected chi connectivity index (χ0v) is 15.6. The maximum atomic E-state index is 13.3. The number of aryl methyl sites for hydroxylation is 3. The number of carbonyl (C=O) groups excluding carboxylic acids is 2. The molecule has 1 aromatic carbocycles.